The van der Waals surface area contributed by atoms with Crippen molar-refractivity contribution in [1.29, 1.82) is 0 Å². The Morgan fingerprint density at radius 1 is 1.05 bits per heavy atom. The fraction of sp³-hybridized carbons (Fsp3) is 0.188. The molecule has 5 heteroatoms. The zero-order valence-electron chi connectivity index (χ0n) is 12.2. The summed E-state index contributed by atoms with van der Waals surface area (Å²) in [4.78, 5) is 11.2. The summed E-state index contributed by atoms with van der Waals surface area (Å²) in [5, 5.41) is 5.93. The normalized spacial score (nSPS) is 10.1. The Labute approximate surface area is 129 Å². The summed E-state index contributed by atoms with van der Waals surface area (Å²) in [5.41, 5.74) is 2.65. The first kappa shape index (κ1) is 15.2. The van der Waals surface area contributed by atoms with E-state index in [0.29, 0.717) is 11.4 Å². The predicted octanol–water partition coefficient (Wildman–Crippen LogP) is 4.50. The largest absolute Gasteiger partial charge is 0.457 e. The molecular weight excluding hydrogens is 288 g/mol. The third-order valence-corrected chi connectivity index (χ3v) is 3.58. The number of carbonyl (C=O) groups excluding carboxylic acids is 1. The van der Waals surface area contributed by atoms with Crippen molar-refractivity contribution >= 4 is 23.3 Å². The topological polar surface area (TPSA) is 50.4 Å². The van der Waals surface area contributed by atoms with E-state index in [4.69, 9.17) is 16.3 Å². The van der Waals surface area contributed by atoms with Crippen LogP contribution in [0.3, 0.4) is 0 Å². The monoisotopic (exact) mass is 304 g/mol. The molecule has 0 aromatic heterocycles. The summed E-state index contributed by atoms with van der Waals surface area (Å²) < 4.78 is 5.79. The van der Waals surface area contributed by atoms with Crippen LogP contribution >= 0.6 is 11.6 Å². The molecular formula is C16H17ClN2O2. The molecule has 0 fully saturated rings. The van der Waals surface area contributed by atoms with Gasteiger partial charge in [-0.1, -0.05) is 11.6 Å². The maximum atomic E-state index is 11.2. The summed E-state index contributed by atoms with van der Waals surface area (Å²) in [7, 11) is 1.57. The molecule has 2 aromatic rings. The molecule has 21 heavy (non-hydrogen) atoms. The minimum Gasteiger partial charge on any atom is -0.457 e. The Kier molecular flexibility index (Phi) is 4.70. The molecule has 0 saturated heterocycles. The number of urea groups is 1. The zero-order chi connectivity index (χ0) is 15.4. The number of rotatable bonds is 3. The van der Waals surface area contributed by atoms with Crippen LogP contribution in [0.1, 0.15) is 11.1 Å². The second-order valence-electron chi connectivity index (χ2n) is 4.70. The summed E-state index contributed by atoms with van der Waals surface area (Å²) in [5.74, 6) is 1.43. The molecule has 110 valence electrons. The first-order chi connectivity index (χ1) is 9.99. The van der Waals surface area contributed by atoms with Crippen LogP contribution < -0.4 is 15.4 Å². The average molecular weight is 305 g/mol. The first-order valence-electron chi connectivity index (χ1n) is 6.53. The maximum Gasteiger partial charge on any atom is 0.318 e. The van der Waals surface area contributed by atoms with E-state index in [0.717, 1.165) is 21.9 Å². The number of ether oxygens (including phenoxy) is 1. The number of carbonyl (C=O) groups is 1. The van der Waals surface area contributed by atoms with Gasteiger partial charge in [-0.15, -0.1) is 0 Å². The maximum absolute atomic E-state index is 11.2. The average Bonchev–Trinajstić information content (AvgIpc) is 2.46. The third-order valence-electron chi connectivity index (χ3n) is 2.98. The molecule has 2 rings (SSSR count). The second-order valence-corrected chi connectivity index (χ2v) is 5.08. The number of amides is 2. The quantitative estimate of drug-likeness (QED) is 0.877. The molecule has 0 atom stereocenters. The van der Waals surface area contributed by atoms with Crippen molar-refractivity contribution in [1.82, 2.24) is 5.32 Å². The molecule has 0 bridgehead atoms. The lowest BCUT2D eigenvalue weighted by Crippen LogP contribution is -2.24. The highest BCUT2D eigenvalue weighted by atomic mass is 35.5. The van der Waals surface area contributed by atoms with Gasteiger partial charge in [-0.3, -0.25) is 0 Å². The minimum atomic E-state index is -0.257. The number of benzene rings is 2. The van der Waals surface area contributed by atoms with Crippen molar-refractivity contribution in [2.24, 2.45) is 0 Å². The van der Waals surface area contributed by atoms with Crippen LogP contribution in [0.25, 0.3) is 0 Å². The SMILES string of the molecule is CNC(=O)Nc1ccc(Oc2cc(C)c(Cl)c(C)c2)cc1. The molecule has 0 saturated carbocycles. The molecule has 0 heterocycles. The van der Waals surface area contributed by atoms with Crippen molar-refractivity contribution in [2.45, 2.75) is 13.8 Å². The van der Waals surface area contributed by atoms with E-state index in [1.807, 2.05) is 26.0 Å². The van der Waals surface area contributed by atoms with Gasteiger partial charge in [0.05, 0.1) is 0 Å². The molecule has 0 aliphatic rings. The molecule has 0 aliphatic heterocycles. The fourth-order valence-corrected chi connectivity index (χ4v) is 2.01. The van der Waals surface area contributed by atoms with Gasteiger partial charge in [0.25, 0.3) is 0 Å². The second kappa shape index (κ2) is 6.50. The Bertz CT molecular complexity index is 631. The van der Waals surface area contributed by atoms with Crippen LogP contribution in [0.4, 0.5) is 10.5 Å². The number of halogens is 1. The lowest BCUT2D eigenvalue weighted by molar-refractivity contribution is 0.254. The molecule has 2 aromatic carbocycles. The van der Waals surface area contributed by atoms with Crippen molar-refractivity contribution in [3.63, 3.8) is 0 Å². The number of hydrogen-bond donors (Lipinski definition) is 2. The number of nitrogens with one attached hydrogen (secondary N) is 2. The van der Waals surface area contributed by atoms with Gasteiger partial charge in [0.15, 0.2) is 0 Å². The summed E-state index contributed by atoms with van der Waals surface area (Å²) in [6.45, 7) is 3.89. The van der Waals surface area contributed by atoms with Crippen LogP contribution in [0, 0.1) is 13.8 Å². The van der Waals surface area contributed by atoms with Crippen LogP contribution in [-0.2, 0) is 0 Å². The van der Waals surface area contributed by atoms with Gasteiger partial charge in [-0.05, 0) is 61.4 Å². The molecule has 0 radical (unpaired) electrons. The van der Waals surface area contributed by atoms with E-state index in [1.54, 1.807) is 31.3 Å². The van der Waals surface area contributed by atoms with Crippen molar-refractivity contribution in [3.8, 4) is 11.5 Å². The molecule has 0 aliphatic carbocycles. The van der Waals surface area contributed by atoms with Gasteiger partial charge in [-0.2, -0.15) is 0 Å². The van der Waals surface area contributed by atoms with Crippen LogP contribution in [0.2, 0.25) is 5.02 Å². The van der Waals surface area contributed by atoms with Gasteiger partial charge >= 0.3 is 6.03 Å². The molecule has 0 unspecified atom stereocenters. The van der Waals surface area contributed by atoms with Crippen LogP contribution in [-0.4, -0.2) is 13.1 Å². The van der Waals surface area contributed by atoms with E-state index < -0.39 is 0 Å². The van der Waals surface area contributed by atoms with E-state index in [2.05, 4.69) is 10.6 Å². The number of hydrogen-bond acceptors (Lipinski definition) is 2. The van der Waals surface area contributed by atoms with Gasteiger partial charge in [0, 0.05) is 17.8 Å². The Balaban J connectivity index is 2.12. The minimum absolute atomic E-state index is 0.257. The molecule has 2 amide bonds. The van der Waals surface area contributed by atoms with Gasteiger partial charge in [0.2, 0.25) is 0 Å². The predicted molar refractivity (Wildman–Crippen MR) is 85.5 cm³/mol. The van der Waals surface area contributed by atoms with Crippen LogP contribution in [0.15, 0.2) is 36.4 Å². The highest BCUT2D eigenvalue weighted by Crippen LogP contribution is 2.29. The van der Waals surface area contributed by atoms with E-state index >= 15 is 0 Å². The van der Waals surface area contributed by atoms with Gasteiger partial charge < -0.3 is 15.4 Å². The van der Waals surface area contributed by atoms with Gasteiger partial charge in [-0.25, -0.2) is 4.79 Å². The van der Waals surface area contributed by atoms with E-state index in [-0.39, 0.29) is 6.03 Å². The third kappa shape index (κ3) is 3.89. The highest BCUT2D eigenvalue weighted by Gasteiger charge is 2.05. The van der Waals surface area contributed by atoms with E-state index in [1.165, 1.54) is 0 Å². The number of aryl methyl sites for hydroxylation is 2. The lowest BCUT2D eigenvalue weighted by atomic mass is 10.1. The Hall–Kier alpha value is -2.20. The van der Waals surface area contributed by atoms with E-state index in [9.17, 15) is 4.79 Å². The number of anilines is 1. The van der Waals surface area contributed by atoms with Gasteiger partial charge in [0.1, 0.15) is 11.5 Å². The van der Waals surface area contributed by atoms with Crippen molar-refractivity contribution in [3.05, 3.63) is 52.5 Å². The van der Waals surface area contributed by atoms with Crippen molar-refractivity contribution in [2.75, 3.05) is 12.4 Å². The zero-order valence-corrected chi connectivity index (χ0v) is 12.9. The van der Waals surface area contributed by atoms with Crippen molar-refractivity contribution < 1.29 is 9.53 Å². The first-order valence-corrected chi connectivity index (χ1v) is 6.91. The summed E-state index contributed by atoms with van der Waals surface area (Å²) in [6.07, 6.45) is 0. The highest BCUT2D eigenvalue weighted by molar-refractivity contribution is 6.32. The lowest BCUT2D eigenvalue weighted by Gasteiger charge is -2.10. The standard InChI is InChI=1S/C16H17ClN2O2/c1-10-8-14(9-11(2)15(10)17)21-13-6-4-12(5-7-13)19-16(20)18-3/h4-9H,1-3H3,(H2,18,19,20). The Morgan fingerprint density at radius 2 is 1.62 bits per heavy atom. The Morgan fingerprint density at radius 3 is 2.14 bits per heavy atom. The summed E-state index contributed by atoms with van der Waals surface area (Å²) in [6, 6.07) is 10.7. The molecule has 2 N–H and O–H groups in total. The smallest absolute Gasteiger partial charge is 0.318 e. The summed E-state index contributed by atoms with van der Waals surface area (Å²) >= 11 is 6.13. The van der Waals surface area contributed by atoms with Crippen LogP contribution in [0.5, 0.6) is 11.5 Å². The fourth-order valence-electron chi connectivity index (χ4n) is 1.90. The molecule has 4 nitrogen and oxygen atoms in total. The molecule has 0 spiro atoms.